The molecule has 51 heavy (non-hydrogen) atoms. The number of carbonyl (C=O) groups excluding carboxylic acids is 2. The van der Waals surface area contributed by atoms with E-state index in [4.69, 9.17) is 18.9 Å². The van der Waals surface area contributed by atoms with E-state index in [1.165, 1.54) is 0 Å². The molecule has 4 saturated carbocycles. The molecule has 8 atom stereocenters. The van der Waals surface area contributed by atoms with Crippen LogP contribution in [0.1, 0.15) is 134 Å². The first-order valence-electron chi connectivity index (χ1n) is 19.4. The van der Waals surface area contributed by atoms with Crippen LogP contribution in [0.3, 0.4) is 0 Å². The van der Waals surface area contributed by atoms with Gasteiger partial charge in [0.2, 0.25) is 0 Å². The van der Waals surface area contributed by atoms with Crippen molar-refractivity contribution in [3.8, 4) is 11.5 Å². The molecule has 4 aliphatic carbocycles. The van der Waals surface area contributed by atoms with Gasteiger partial charge in [0.25, 0.3) is 0 Å². The molecule has 6 nitrogen and oxygen atoms in total. The lowest BCUT2D eigenvalue weighted by atomic mass is 9.76. The highest BCUT2D eigenvalue weighted by atomic mass is 16.5. The number of carbonyl (C=O) groups is 2. The quantitative estimate of drug-likeness (QED) is 0.202. The van der Waals surface area contributed by atoms with Crippen molar-refractivity contribution in [2.75, 3.05) is 0 Å². The summed E-state index contributed by atoms with van der Waals surface area (Å²) in [5.74, 6) is 1.69. The summed E-state index contributed by atoms with van der Waals surface area (Å²) < 4.78 is 25.9. The van der Waals surface area contributed by atoms with Gasteiger partial charge in [-0.05, 0) is 114 Å². The molecule has 0 saturated heterocycles. The van der Waals surface area contributed by atoms with Crippen LogP contribution in [0.5, 0.6) is 11.5 Å². The summed E-state index contributed by atoms with van der Waals surface area (Å²) in [5, 5.41) is 0. The molecule has 0 aromatic heterocycles. The topological polar surface area (TPSA) is 71.1 Å². The molecule has 2 aromatic carbocycles. The molecule has 4 aliphatic rings. The Balaban J connectivity index is 1.24. The third kappa shape index (κ3) is 6.18. The van der Waals surface area contributed by atoms with E-state index in [1.54, 1.807) is 0 Å². The summed E-state index contributed by atoms with van der Waals surface area (Å²) in [5.41, 5.74) is -0.801. The average Bonchev–Trinajstić information content (AvgIpc) is 3.71. The number of para-hydroxylation sites is 2. The second kappa shape index (κ2) is 12.2. The Hall–Kier alpha value is -2.70. The van der Waals surface area contributed by atoms with Crippen LogP contribution in [0.4, 0.5) is 0 Å². The van der Waals surface area contributed by atoms with Crippen molar-refractivity contribution in [1.29, 1.82) is 0 Å². The molecular weight excluding hydrogens is 636 g/mol. The second-order valence-corrected chi connectivity index (χ2v) is 20.3. The van der Waals surface area contributed by atoms with E-state index in [1.807, 2.05) is 48.5 Å². The van der Waals surface area contributed by atoms with Crippen molar-refractivity contribution in [1.82, 2.24) is 0 Å². The van der Waals surface area contributed by atoms with Crippen molar-refractivity contribution in [3.63, 3.8) is 0 Å². The third-order valence-corrected chi connectivity index (χ3v) is 13.8. The van der Waals surface area contributed by atoms with Gasteiger partial charge in [-0.2, -0.15) is 0 Å². The number of fused-ring (bicyclic) bond motifs is 2. The predicted octanol–water partition coefficient (Wildman–Crippen LogP) is 10.3. The number of rotatable bonds is 8. The molecule has 8 unspecified atom stereocenters. The van der Waals surface area contributed by atoms with Gasteiger partial charge in [-0.1, -0.05) is 91.8 Å². The number of hydrogen-bond acceptors (Lipinski definition) is 6. The van der Waals surface area contributed by atoms with Crippen molar-refractivity contribution in [2.45, 2.75) is 151 Å². The first-order chi connectivity index (χ1) is 23.4. The zero-order valence-electron chi connectivity index (χ0n) is 33.9. The van der Waals surface area contributed by atoms with E-state index in [0.29, 0.717) is 11.5 Å². The van der Waals surface area contributed by atoms with E-state index in [-0.39, 0.29) is 69.9 Å². The zero-order chi connectivity index (χ0) is 37.7. The number of esters is 2. The van der Waals surface area contributed by atoms with Gasteiger partial charge in [0.05, 0.1) is 34.2 Å². The van der Waals surface area contributed by atoms with Gasteiger partial charge >= 0.3 is 11.9 Å². The van der Waals surface area contributed by atoms with Crippen LogP contribution >= 0.6 is 0 Å². The molecule has 280 valence electrons. The summed E-state index contributed by atoms with van der Waals surface area (Å²) >= 11 is 0. The standard InChI is InChI=1S/C45H64O6/c1-27-25-44(35(42(44,11)12)23-33(27)50-39(3,4)5)37(46)48-31-21-17-15-19-29(31)41(9,10)30-20-16-18-22-32(30)49-38(47)45-26-28(2)34(51-40(6,7)8)24-36(45)43(45,13)14/h15-22,27-28,33-36H,23-26H2,1-14H3. The fourth-order valence-electron chi connectivity index (χ4n) is 10.8. The maximum atomic E-state index is 14.4. The summed E-state index contributed by atoms with van der Waals surface area (Å²) in [7, 11) is 0. The maximum absolute atomic E-state index is 14.4. The maximum Gasteiger partial charge on any atom is 0.318 e. The van der Waals surface area contributed by atoms with Gasteiger partial charge in [0.1, 0.15) is 11.5 Å². The summed E-state index contributed by atoms with van der Waals surface area (Å²) in [6, 6.07) is 15.7. The van der Waals surface area contributed by atoms with Crippen molar-refractivity contribution in [3.05, 3.63) is 59.7 Å². The summed E-state index contributed by atoms with van der Waals surface area (Å²) in [6.07, 6.45) is 3.44. The summed E-state index contributed by atoms with van der Waals surface area (Å²) in [4.78, 5) is 28.7. The van der Waals surface area contributed by atoms with Crippen LogP contribution in [-0.2, 0) is 24.5 Å². The average molecular weight is 701 g/mol. The number of hydrogen-bond donors (Lipinski definition) is 0. The Morgan fingerprint density at radius 1 is 0.588 bits per heavy atom. The van der Waals surface area contributed by atoms with Gasteiger partial charge in [-0.15, -0.1) is 0 Å². The third-order valence-electron chi connectivity index (χ3n) is 13.8. The lowest BCUT2D eigenvalue weighted by Gasteiger charge is -2.37. The van der Waals surface area contributed by atoms with Crippen LogP contribution in [-0.4, -0.2) is 35.3 Å². The van der Waals surface area contributed by atoms with Gasteiger partial charge < -0.3 is 18.9 Å². The Kier molecular flexibility index (Phi) is 9.07. The molecular formula is C45H64O6. The van der Waals surface area contributed by atoms with Crippen LogP contribution in [0, 0.1) is 45.3 Å². The molecule has 0 heterocycles. The molecule has 0 amide bonds. The monoisotopic (exact) mass is 700 g/mol. The van der Waals surface area contributed by atoms with Gasteiger partial charge in [-0.3, -0.25) is 9.59 Å². The molecule has 0 spiro atoms. The largest absolute Gasteiger partial charge is 0.426 e. The molecule has 2 aromatic rings. The van der Waals surface area contributed by atoms with E-state index in [2.05, 4.69) is 96.9 Å². The van der Waals surface area contributed by atoms with Gasteiger partial charge in [-0.25, -0.2) is 0 Å². The minimum absolute atomic E-state index is 0.120. The Labute approximate surface area is 307 Å². The molecule has 0 aliphatic heterocycles. The van der Waals surface area contributed by atoms with Crippen molar-refractivity contribution in [2.24, 2.45) is 45.3 Å². The smallest absolute Gasteiger partial charge is 0.318 e. The van der Waals surface area contributed by atoms with Crippen molar-refractivity contribution < 1.29 is 28.5 Å². The van der Waals surface area contributed by atoms with Crippen LogP contribution < -0.4 is 9.47 Å². The highest BCUT2D eigenvalue weighted by molar-refractivity contribution is 5.86. The number of benzene rings is 2. The molecule has 6 rings (SSSR count). The van der Waals surface area contributed by atoms with Gasteiger partial charge in [0, 0.05) is 16.5 Å². The van der Waals surface area contributed by atoms with Gasteiger partial charge in [0.15, 0.2) is 0 Å². The molecule has 0 radical (unpaired) electrons. The minimum Gasteiger partial charge on any atom is -0.426 e. The summed E-state index contributed by atoms with van der Waals surface area (Å²) in [6.45, 7) is 30.1. The van der Waals surface area contributed by atoms with Crippen molar-refractivity contribution >= 4 is 11.9 Å². The van der Waals surface area contributed by atoms with E-state index < -0.39 is 16.2 Å². The minimum atomic E-state index is -0.642. The predicted molar refractivity (Wildman–Crippen MR) is 202 cm³/mol. The Morgan fingerprint density at radius 3 is 1.25 bits per heavy atom. The fourth-order valence-corrected chi connectivity index (χ4v) is 10.8. The SMILES string of the molecule is CC1CC2(C(=O)Oc3ccccc3C(C)(C)c3ccccc3OC(=O)C34CC(C)C(OC(C)(C)C)CC3C4(C)C)C(CC1OC(C)(C)C)C2(C)C. The molecule has 0 N–H and O–H groups in total. The highest BCUT2D eigenvalue weighted by Gasteiger charge is 2.79. The lowest BCUT2D eigenvalue weighted by molar-refractivity contribution is -0.149. The molecule has 4 fully saturated rings. The normalized spacial score (nSPS) is 33.8. The van der Waals surface area contributed by atoms with E-state index >= 15 is 0 Å². The first kappa shape index (κ1) is 38.0. The number of ether oxygens (including phenoxy) is 4. The first-order valence-corrected chi connectivity index (χ1v) is 19.4. The molecule has 6 heteroatoms. The second-order valence-electron chi connectivity index (χ2n) is 20.3. The van der Waals surface area contributed by atoms with Crippen LogP contribution in [0.2, 0.25) is 0 Å². The zero-order valence-corrected chi connectivity index (χ0v) is 33.9. The Bertz CT molecular complexity index is 1550. The fraction of sp³-hybridized carbons (Fsp3) is 0.689. The molecule has 0 bridgehead atoms. The van der Waals surface area contributed by atoms with Crippen LogP contribution in [0.25, 0.3) is 0 Å². The van der Waals surface area contributed by atoms with E-state index in [0.717, 1.165) is 36.8 Å². The Morgan fingerprint density at radius 2 is 0.922 bits per heavy atom. The van der Waals surface area contributed by atoms with E-state index in [9.17, 15) is 9.59 Å². The lowest BCUT2D eigenvalue weighted by Crippen LogP contribution is -2.40. The highest BCUT2D eigenvalue weighted by Crippen LogP contribution is 2.77. The van der Waals surface area contributed by atoms with Crippen LogP contribution in [0.15, 0.2) is 48.5 Å².